The molecule has 2 heterocycles. The number of aromatic nitrogens is 1. The molecule has 3 rings (SSSR count). The zero-order chi connectivity index (χ0) is 18.4. The first-order valence-corrected chi connectivity index (χ1v) is 10.1. The Morgan fingerprint density at radius 2 is 2.12 bits per heavy atom. The number of thioether (sulfide) groups is 1. The molecule has 0 bridgehead atoms. The van der Waals surface area contributed by atoms with Crippen molar-refractivity contribution >= 4 is 46.0 Å². The fraction of sp³-hybridized carbons (Fsp3) is 0.278. The first-order valence-electron chi connectivity index (χ1n) is 8.21. The molecule has 26 heavy (non-hydrogen) atoms. The van der Waals surface area contributed by atoms with Gasteiger partial charge in [0.2, 0.25) is 11.8 Å². The maximum atomic E-state index is 12.4. The highest BCUT2D eigenvalue weighted by Crippen LogP contribution is 2.23. The molecule has 1 aromatic carbocycles. The largest absolute Gasteiger partial charge is 0.431 e. The van der Waals surface area contributed by atoms with Crippen LogP contribution in [0.3, 0.4) is 0 Å². The molecule has 6 nitrogen and oxygen atoms in total. The monoisotopic (exact) mass is 389 g/mol. The Kier molecular flexibility index (Phi) is 6.30. The van der Waals surface area contributed by atoms with E-state index in [9.17, 15) is 9.59 Å². The van der Waals surface area contributed by atoms with Gasteiger partial charge in [-0.3, -0.25) is 9.59 Å². The number of hydrogen-bond donors (Lipinski definition) is 1. The van der Waals surface area contributed by atoms with Gasteiger partial charge in [0, 0.05) is 11.4 Å². The van der Waals surface area contributed by atoms with Gasteiger partial charge in [-0.2, -0.15) is 0 Å². The van der Waals surface area contributed by atoms with Gasteiger partial charge < -0.3 is 14.6 Å². The van der Waals surface area contributed by atoms with E-state index in [-0.39, 0.29) is 24.1 Å². The first-order chi connectivity index (χ1) is 12.7. The van der Waals surface area contributed by atoms with Crippen molar-refractivity contribution in [3.05, 3.63) is 46.7 Å². The van der Waals surface area contributed by atoms with Gasteiger partial charge in [-0.15, -0.1) is 11.3 Å². The normalized spacial score (nSPS) is 10.8. The summed E-state index contributed by atoms with van der Waals surface area (Å²) >= 11 is 2.82. The molecule has 0 aliphatic rings. The highest BCUT2D eigenvalue weighted by molar-refractivity contribution is 7.99. The van der Waals surface area contributed by atoms with Crippen molar-refractivity contribution in [1.29, 1.82) is 0 Å². The van der Waals surface area contributed by atoms with E-state index in [4.69, 9.17) is 4.42 Å². The summed E-state index contributed by atoms with van der Waals surface area (Å²) < 4.78 is 5.60. The molecule has 0 saturated heterocycles. The van der Waals surface area contributed by atoms with Crippen LogP contribution in [-0.2, 0) is 16.1 Å². The van der Waals surface area contributed by atoms with Crippen LogP contribution in [0.25, 0.3) is 11.1 Å². The number of likely N-dealkylation sites (N-methyl/N-ethyl adjacent to an activating group) is 1. The predicted octanol–water partition coefficient (Wildman–Crippen LogP) is 3.15. The molecule has 2 aromatic heterocycles. The number of amides is 2. The Bertz CT molecular complexity index is 844. The van der Waals surface area contributed by atoms with E-state index < -0.39 is 0 Å². The molecule has 3 aromatic rings. The Balaban J connectivity index is 1.48. The van der Waals surface area contributed by atoms with Crippen LogP contribution in [-0.4, -0.2) is 40.5 Å². The molecule has 136 valence electrons. The Labute approximate surface area is 159 Å². The fourth-order valence-corrected chi connectivity index (χ4v) is 3.72. The van der Waals surface area contributed by atoms with Crippen LogP contribution in [0.2, 0.25) is 0 Å². The summed E-state index contributed by atoms with van der Waals surface area (Å²) in [4.78, 5) is 31.4. The van der Waals surface area contributed by atoms with Crippen molar-refractivity contribution in [2.45, 2.75) is 18.7 Å². The molecule has 0 aliphatic carbocycles. The average Bonchev–Trinajstić information content (AvgIpc) is 3.31. The van der Waals surface area contributed by atoms with Crippen LogP contribution in [0.5, 0.6) is 0 Å². The van der Waals surface area contributed by atoms with E-state index in [2.05, 4.69) is 10.3 Å². The number of carbonyl (C=O) groups excluding carboxylic acids is 2. The van der Waals surface area contributed by atoms with Gasteiger partial charge in [0.15, 0.2) is 5.58 Å². The molecule has 0 fully saturated rings. The molecule has 0 radical (unpaired) electrons. The zero-order valence-corrected chi connectivity index (χ0v) is 15.9. The number of fused-ring (bicyclic) bond motifs is 1. The standard InChI is InChI=1S/C18H19N3O3S2/c1-2-21(11-16(22)19-10-13-6-5-9-25-13)17(23)12-26-18-20-14-7-3-4-8-15(14)24-18/h3-9H,2,10-12H2,1H3,(H,19,22). The van der Waals surface area contributed by atoms with Crippen molar-refractivity contribution < 1.29 is 14.0 Å². The van der Waals surface area contributed by atoms with Gasteiger partial charge in [0.05, 0.1) is 18.8 Å². The van der Waals surface area contributed by atoms with Gasteiger partial charge in [-0.05, 0) is 30.5 Å². The summed E-state index contributed by atoms with van der Waals surface area (Å²) in [6, 6.07) is 11.4. The third kappa shape index (κ3) is 4.86. The maximum absolute atomic E-state index is 12.4. The van der Waals surface area contributed by atoms with Gasteiger partial charge in [0.1, 0.15) is 5.52 Å². The summed E-state index contributed by atoms with van der Waals surface area (Å²) in [5.74, 6) is -0.106. The molecular formula is C18H19N3O3S2. The van der Waals surface area contributed by atoms with E-state index in [0.717, 1.165) is 10.4 Å². The minimum absolute atomic E-state index is 0.0504. The second kappa shape index (κ2) is 8.86. The Morgan fingerprint density at radius 3 is 2.85 bits per heavy atom. The van der Waals surface area contributed by atoms with E-state index in [1.54, 1.807) is 11.3 Å². The second-order valence-corrected chi connectivity index (χ2v) is 7.46. The molecule has 1 N–H and O–H groups in total. The smallest absolute Gasteiger partial charge is 0.257 e. The third-order valence-electron chi connectivity index (χ3n) is 3.70. The lowest BCUT2D eigenvalue weighted by molar-refractivity contribution is -0.133. The van der Waals surface area contributed by atoms with Crippen LogP contribution in [0.15, 0.2) is 51.4 Å². The zero-order valence-electron chi connectivity index (χ0n) is 14.3. The molecular weight excluding hydrogens is 370 g/mol. The molecule has 0 unspecified atom stereocenters. The molecule has 2 amide bonds. The van der Waals surface area contributed by atoms with E-state index >= 15 is 0 Å². The number of nitrogens with one attached hydrogen (secondary N) is 1. The number of oxazole rings is 1. The van der Waals surface area contributed by atoms with Crippen molar-refractivity contribution in [2.24, 2.45) is 0 Å². The summed E-state index contributed by atoms with van der Waals surface area (Å²) in [6.45, 7) is 2.86. The predicted molar refractivity (Wildman–Crippen MR) is 103 cm³/mol. The van der Waals surface area contributed by atoms with Crippen molar-refractivity contribution in [3.63, 3.8) is 0 Å². The molecule has 0 atom stereocenters. The fourth-order valence-electron chi connectivity index (χ4n) is 2.33. The van der Waals surface area contributed by atoms with Gasteiger partial charge in [-0.1, -0.05) is 30.0 Å². The van der Waals surface area contributed by atoms with Crippen LogP contribution in [0.4, 0.5) is 0 Å². The number of rotatable bonds is 8. The summed E-state index contributed by atoms with van der Waals surface area (Å²) in [5.41, 5.74) is 1.46. The lowest BCUT2D eigenvalue weighted by atomic mass is 10.3. The molecule has 0 spiro atoms. The highest BCUT2D eigenvalue weighted by atomic mass is 32.2. The number of carbonyl (C=O) groups is 2. The SMILES string of the molecule is CCN(CC(=O)NCc1cccs1)C(=O)CSc1nc2ccccc2o1. The lowest BCUT2D eigenvalue weighted by Gasteiger charge is -2.19. The maximum Gasteiger partial charge on any atom is 0.257 e. The molecule has 0 saturated carbocycles. The summed E-state index contributed by atoms with van der Waals surface area (Å²) in [7, 11) is 0. The molecule has 0 aliphatic heterocycles. The van der Waals surface area contributed by atoms with Crippen LogP contribution in [0, 0.1) is 0 Å². The topological polar surface area (TPSA) is 75.4 Å². The highest BCUT2D eigenvalue weighted by Gasteiger charge is 2.17. The first kappa shape index (κ1) is 18.5. The van der Waals surface area contributed by atoms with Gasteiger partial charge in [0.25, 0.3) is 5.22 Å². The number of nitrogens with zero attached hydrogens (tertiary/aromatic N) is 2. The third-order valence-corrected chi connectivity index (χ3v) is 5.39. The second-order valence-electron chi connectivity index (χ2n) is 5.50. The van der Waals surface area contributed by atoms with Crippen molar-refractivity contribution in [3.8, 4) is 0 Å². The van der Waals surface area contributed by atoms with Crippen LogP contribution in [0.1, 0.15) is 11.8 Å². The number of para-hydroxylation sites is 2. The van der Waals surface area contributed by atoms with E-state index in [1.165, 1.54) is 16.7 Å². The number of benzene rings is 1. The molecule has 8 heteroatoms. The van der Waals surface area contributed by atoms with Crippen molar-refractivity contribution in [2.75, 3.05) is 18.8 Å². The summed E-state index contributed by atoms with van der Waals surface area (Å²) in [6.07, 6.45) is 0. The minimum Gasteiger partial charge on any atom is -0.431 e. The van der Waals surface area contributed by atoms with E-state index in [1.807, 2.05) is 48.7 Å². The van der Waals surface area contributed by atoms with Crippen LogP contribution >= 0.6 is 23.1 Å². The number of thiophene rings is 1. The number of hydrogen-bond acceptors (Lipinski definition) is 6. The van der Waals surface area contributed by atoms with Gasteiger partial charge in [-0.25, -0.2) is 4.98 Å². The van der Waals surface area contributed by atoms with E-state index in [0.29, 0.717) is 23.9 Å². The Hall–Kier alpha value is -2.32. The quantitative estimate of drug-likeness (QED) is 0.599. The average molecular weight is 390 g/mol. The lowest BCUT2D eigenvalue weighted by Crippen LogP contribution is -2.41. The van der Waals surface area contributed by atoms with Crippen LogP contribution < -0.4 is 5.32 Å². The van der Waals surface area contributed by atoms with Crippen molar-refractivity contribution in [1.82, 2.24) is 15.2 Å². The summed E-state index contributed by atoms with van der Waals surface area (Å²) in [5, 5.41) is 5.26. The van der Waals surface area contributed by atoms with Gasteiger partial charge >= 0.3 is 0 Å². The minimum atomic E-state index is -0.166. The Morgan fingerprint density at radius 1 is 1.27 bits per heavy atom.